The lowest BCUT2D eigenvalue weighted by atomic mass is 9.93. The number of hydrogen-bond acceptors (Lipinski definition) is 4. The fraction of sp³-hybridized carbons (Fsp3) is 0.263. The van der Waals surface area contributed by atoms with Crippen molar-refractivity contribution in [2.24, 2.45) is 20.9 Å². The van der Waals surface area contributed by atoms with Gasteiger partial charge in [-0.1, -0.05) is 35.9 Å². The van der Waals surface area contributed by atoms with Crippen LogP contribution in [0.25, 0.3) is 6.08 Å². The van der Waals surface area contributed by atoms with Crippen molar-refractivity contribution in [1.29, 1.82) is 0 Å². The molecule has 126 valence electrons. The maximum atomic E-state index is 12.6. The van der Waals surface area contributed by atoms with Crippen molar-refractivity contribution in [1.82, 2.24) is 4.90 Å². The predicted molar refractivity (Wildman–Crippen MR) is 101 cm³/mol. The van der Waals surface area contributed by atoms with Crippen molar-refractivity contribution < 1.29 is 4.79 Å². The number of amidine groups is 1. The van der Waals surface area contributed by atoms with E-state index in [4.69, 9.17) is 11.6 Å². The van der Waals surface area contributed by atoms with Gasteiger partial charge in [-0.2, -0.15) is 9.98 Å². The number of rotatable bonds is 2. The zero-order valence-corrected chi connectivity index (χ0v) is 14.4. The Morgan fingerprint density at radius 3 is 2.80 bits per heavy atom. The summed E-state index contributed by atoms with van der Waals surface area (Å²) in [6, 6.07) is 7.55. The van der Waals surface area contributed by atoms with Crippen LogP contribution in [0, 0.1) is 5.92 Å². The second-order valence-electron chi connectivity index (χ2n) is 6.18. The molecule has 1 amide bonds. The Labute approximate surface area is 151 Å². The van der Waals surface area contributed by atoms with E-state index < -0.39 is 5.92 Å². The molecule has 0 aliphatic carbocycles. The number of carbonyl (C=O) groups excluding carboxylic acids is 1. The van der Waals surface area contributed by atoms with Gasteiger partial charge in [0.05, 0.1) is 0 Å². The Morgan fingerprint density at radius 1 is 1.16 bits per heavy atom. The molecule has 1 saturated heterocycles. The van der Waals surface area contributed by atoms with Crippen molar-refractivity contribution in [3.05, 3.63) is 52.6 Å². The van der Waals surface area contributed by atoms with Crippen LogP contribution in [0.4, 0.5) is 0 Å². The second kappa shape index (κ2) is 6.76. The quantitative estimate of drug-likeness (QED) is 0.819. The van der Waals surface area contributed by atoms with Crippen molar-refractivity contribution in [2.75, 3.05) is 13.1 Å². The highest BCUT2D eigenvalue weighted by atomic mass is 35.5. The number of dihydropyridines is 1. The van der Waals surface area contributed by atoms with E-state index in [0.717, 1.165) is 37.1 Å². The van der Waals surface area contributed by atoms with E-state index in [9.17, 15) is 4.79 Å². The normalized spacial score (nSPS) is 22.8. The molecule has 0 saturated carbocycles. The van der Waals surface area contributed by atoms with Crippen molar-refractivity contribution in [3.63, 3.8) is 0 Å². The van der Waals surface area contributed by atoms with Crippen molar-refractivity contribution in [3.8, 4) is 0 Å². The Morgan fingerprint density at radius 2 is 2.00 bits per heavy atom. The van der Waals surface area contributed by atoms with Crippen LogP contribution >= 0.6 is 11.6 Å². The van der Waals surface area contributed by atoms with Gasteiger partial charge in [-0.25, -0.2) is 4.99 Å². The lowest BCUT2D eigenvalue weighted by Crippen LogP contribution is -2.36. The van der Waals surface area contributed by atoms with Crippen LogP contribution in [0.1, 0.15) is 18.4 Å². The molecule has 0 radical (unpaired) electrons. The molecule has 6 heteroatoms. The smallest absolute Gasteiger partial charge is 0.264 e. The summed E-state index contributed by atoms with van der Waals surface area (Å²) in [5.41, 5.74) is 1.81. The lowest BCUT2D eigenvalue weighted by molar-refractivity contribution is -0.118. The molecule has 1 fully saturated rings. The number of fused-ring (bicyclic) bond motifs is 1. The maximum Gasteiger partial charge on any atom is 0.264 e. The van der Waals surface area contributed by atoms with Gasteiger partial charge in [0.15, 0.2) is 0 Å². The van der Waals surface area contributed by atoms with Gasteiger partial charge in [-0.3, -0.25) is 4.79 Å². The maximum absolute atomic E-state index is 12.6. The van der Waals surface area contributed by atoms with E-state index in [2.05, 4.69) is 19.9 Å². The highest BCUT2D eigenvalue weighted by Gasteiger charge is 2.34. The highest BCUT2D eigenvalue weighted by Crippen LogP contribution is 2.25. The third-order valence-corrected chi connectivity index (χ3v) is 4.68. The number of nitrogens with zero attached hydrogens (tertiary/aromatic N) is 4. The number of halogens is 1. The first-order chi connectivity index (χ1) is 12.2. The largest absolute Gasteiger partial charge is 0.341 e. The van der Waals surface area contributed by atoms with Gasteiger partial charge >= 0.3 is 0 Å². The minimum absolute atomic E-state index is 0.203. The second-order valence-corrected chi connectivity index (χ2v) is 6.62. The van der Waals surface area contributed by atoms with Crippen LogP contribution < -0.4 is 0 Å². The number of allylic oxidation sites excluding steroid dienone is 2. The molecule has 3 aliphatic rings. The molecule has 1 aromatic rings. The van der Waals surface area contributed by atoms with Crippen LogP contribution in [-0.2, 0) is 4.79 Å². The fourth-order valence-electron chi connectivity index (χ4n) is 3.17. The molecule has 4 rings (SSSR count). The Balaban J connectivity index is 1.58. The zero-order chi connectivity index (χ0) is 17.2. The molecule has 3 aliphatic heterocycles. The summed E-state index contributed by atoms with van der Waals surface area (Å²) in [4.78, 5) is 27.7. The van der Waals surface area contributed by atoms with Gasteiger partial charge in [-0.05, 0) is 42.2 Å². The number of guanidine groups is 1. The molecule has 1 unspecified atom stereocenters. The third-order valence-electron chi connectivity index (χ3n) is 4.44. The summed E-state index contributed by atoms with van der Waals surface area (Å²) in [6.07, 6.45) is 9.58. The first-order valence-corrected chi connectivity index (χ1v) is 8.72. The minimum atomic E-state index is -0.521. The van der Waals surface area contributed by atoms with Crippen LogP contribution in [0.3, 0.4) is 0 Å². The van der Waals surface area contributed by atoms with Gasteiger partial charge in [0.1, 0.15) is 11.8 Å². The van der Waals surface area contributed by atoms with E-state index in [-0.39, 0.29) is 5.91 Å². The first-order valence-electron chi connectivity index (χ1n) is 8.35. The Kier molecular flexibility index (Phi) is 4.32. The fourth-order valence-corrected chi connectivity index (χ4v) is 3.37. The molecule has 5 nitrogen and oxygen atoms in total. The van der Waals surface area contributed by atoms with E-state index in [1.54, 1.807) is 6.21 Å². The number of likely N-dealkylation sites (tertiary alicyclic amines) is 1. The average Bonchev–Trinajstić information content (AvgIpc) is 3.14. The monoisotopic (exact) mass is 352 g/mol. The van der Waals surface area contributed by atoms with E-state index >= 15 is 0 Å². The van der Waals surface area contributed by atoms with Crippen LogP contribution in [0.15, 0.2) is 57.0 Å². The van der Waals surface area contributed by atoms with E-state index in [0.29, 0.717) is 16.8 Å². The molecule has 1 atom stereocenters. The molecular formula is C19H17ClN4O. The topological polar surface area (TPSA) is 57.4 Å². The minimum Gasteiger partial charge on any atom is -0.341 e. The highest BCUT2D eigenvalue weighted by molar-refractivity contribution is 6.30. The first kappa shape index (κ1) is 16.0. The summed E-state index contributed by atoms with van der Waals surface area (Å²) < 4.78 is 0. The Bertz CT molecular complexity index is 860. The summed E-state index contributed by atoms with van der Waals surface area (Å²) in [7, 11) is 0. The van der Waals surface area contributed by atoms with Crippen molar-refractivity contribution >= 4 is 41.6 Å². The molecule has 1 aromatic carbocycles. The van der Waals surface area contributed by atoms with Gasteiger partial charge < -0.3 is 4.90 Å². The summed E-state index contributed by atoms with van der Waals surface area (Å²) in [6.45, 7) is 1.79. The average molecular weight is 353 g/mol. The van der Waals surface area contributed by atoms with Crippen LogP contribution in [0.5, 0.6) is 0 Å². The van der Waals surface area contributed by atoms with Gasteiger partial charge in [0, 0.05) is 24.3 Å². The number of hydrogen-bond donors (Lipinski definition) is 0. The van der Waals surface area contributed by atoms with Gasteiger partial charge in [-0.15, -0.1) is 0 Å². The Hall–Kier alpha value is -2.53. The SMILES string of the molecule is O=C1N=C(N2CCCC2)N=C2N=CC=C(/C=C/c3cccc(Cl)c3)C12. The predicted octanol–water partition coefficient (Wildman–Crippen LogP) is 3.37. The molecule has 0 spiro atoms. The van der Waals surface area contributed by atoms with Gasteiger partial charge in [0.25, 0.3) is 5.91 Å². The number of carbonyl (C=O) groups is 1. The lowest BCUT2D eigenvalue weighted by Gasteiger charge is -2.24. The van der Waals surface area contributed by atoms with Crippen LogP contribution in [-0.4, -0.2) is 41.9 Å². The van der Waals surface area contributed by atoms with E-state index in [1.165, 1.54) is 0 Å². The van der Waals surface area contributed by atoms with E-state index in [1.807, 2.05) is 42.5 Å². The zero-order valence-electron chi connectivity index (χ0n) is 13.6. The summed E-state index contributed by atoms with van der Waals surface area (Å²) in [5.74, 6) is 0.304. The standard InChI is InChI=1S/C19H17ClN4O/c20-15-5-3-4-13(12-15)6-7-14-8-9-21-17-16(14)18(25)23-19(22-17)24-10-1-2-11-24/h3-9,12,16H,1-2,10-11H2/b7-6+. The van der Waals surface area contributed by atoms with Gasteiger partial charge in [0.2, 0.25) is 5.96 Å². The molecule has 25 heavy (non-hydrogen) atoms. The number of aliphatic imine (C=N–C) groups is 3. The molecule has 0 bridgehead atoms. The molecule has 3 heterocycles. The number of benzene rings is 1. The molecule has 0 aromatic heterocycles. The summed E-state index contributed by atoms with van der Waals surface area (Å²) >= 11 is 6.01. The van der Waals surface area contributed by atoms with Crippen LogP contribution in [0.2, 0.25) is 5.02 Å². The molecular weight excluding hydrogens is 336 g/mol. The summed E-state index contributed by atoms with van der Waals surface area (Å²) in [5, 5.41) is 0.678. The third kappa shape index (κ3) is 3.33. The number of amides is 1. The van der Waals surface area contributed by atoms with Crippen molar-refractivity contribution in [2.45, 2.75) is 12.8 Å². The molecule has 0 N–H and O–H groups in total.